The molecule has 0 aliphatic rings. The van der Waals surface area contributed by atoms with Gasteiger partial charge in [-0.05, 0) is 74.9 Å². The molecule has 0 saturated heterocycles. The fraction of sp³-hybridized carbons (Fsp3) is 0.346. The summed E-state index contributed by atoms with van der Waals surface area (Å²) >= 11 is 0. The number of ether oxygens (including phenoxy) is 3. The van der Waals surface area contributed by atoms with Crippen LogP contribution in [-0.2, 0) is 9.53 Å². The number of allylic oxidation sites excluding steroid dienone is 1. The molecule has 0 aliphatic carbocycles. The van der Waals surface area contributed by atoms with Crippen molar-refractivity contribution in [1.29, 1.82) is 0 Å². The Morgan fingerprint density at radius 3 is 1.90 bits per heavy atom. The molecule has 0 N–H and O–H groups in total. The molecule has 0 unspecified atom stereocenters. The van der Waals surface area contributed by atoms with Crippen LogP contribution in [0.3, 0.4) is 0 Å². The van der Waals surface area contributed by atoms with Crippen molar-refractivity contribution in [2.75, 3.05) is 19.8 Å². The molecule has 2 aromatic carbocycles. The molecule has 0 heterocycles. The minimum absolute atomic E-state index is 0.310. The van der Waals surface area contributed by atoms with Gasteiger partial charge in [0.2, 0.25) is 0 Å². The summed E-state index contributed by atoms with van der Waals surface area (Å²) in [5.41, 5.74) is 2.74. The summed E-state index contributed by atoms with van der Waals surface area (Å²) in [6.07, 6.45) is 7.86. The maximum atomic E-state index is 11.3. The molecule has 4 nitrogen and oxygen atoms in total. The predicted octanol–water partition coefficient (Wildman–Crippen LogP) is 6.37. The van der Waals surface area contributed by atoms with Crippen LogP contribution in [0.15, 0.2) is 72.8 Å². The Hall–Kier alpha value is -3.01. The van der Waals surface area contributed by atoms with Crippen LogP contribution in [0.2, 0.25) is 0 Å². The van der Waals surface area contributed by atoms with E-state index in [-0.39, 0.29) is 5.97 Å². The number of benzene rings is 2. The molecule has 2 aromatic rings. The molecule has 0 bridgehead atoms. The largest absolute Gasteiger partial charge is 0.494 e. The van der Waals surface area contributed by atoms with Crippen LogP contribution < -0.4 is 9.47 Å². The second kappa shape index (κ2) is 13.3. The Labute approximate surface area is 180 Å². The Kier molecular flexibility index (Phi) is 10.3. The molecule has 4 heteroatoms. The molecule has 0 spiro atoms. The third-order valence-electron chi connectivity index (χ3n) is 4.51. The molecule has 0 fully saturated rings. The third kappa shape index (κ3) is 8.56. The summed E-state index contributed by atoms with van der Waals surface area (Å²) in [4.78, 5) is 11.3. The van der Waals surface area contributed by atoms with Crippen molar-refractivity contribution >= 4 is 5.97 Å². The maximum absolute atomic E-state index is 11.3. The summed E-state index contributed by atoms with van der Waals surface area (Å²) in [6.45, 7) is 8.93. The second-order valence-corrected chi connectivity index (χ2v) is 7.11. The van der Waals surface area contributed by atoms with Gasteiger partial charge in [0.15, 0.2) is 0 Å². The van der Waals surface area contributed by atoms with Gasteiger partial charge in [0.1, 0.15) is 18.1 Å². The van der Waals surface area contributed by atoms with Gasteiger partial charge in [-0.2, -0.15) is 0 Å². The van der Waals surface area contributed by atoms with Gasteiger partial charge in [0, 0.05) is 5.57 Å². The summed E-state index contributed by atoms with van der Waals surface area (Å²) in [5.74, 6) is 1.43. The molecular weight excluding hydrogens is 376 g/mol. The Bertz CT molecular complexity index is 804. The van der Waals surface area contributed by atoms with Gasteiger partial charge in [0.25, 0.3) is 0 Å². The van der Waals surface area contributed by atoms with E-state index in [4.69, 9.17) is 14.2 Å². The van der Waals surface area contributed by atoms with Crippen LogP contribution in [0.25, 0.3) is 11.1 Å². The number of carbonyl (C=O) groups is 1. The minimum Gasteiger partial charge on any atom is -0.494 e. The van der Waals surface area contributed by atoms with Crippen LogP contribution >= 0.6 is 0 Å². The average molecular weight is 409 g/mol. The topological polar surface area (TPSA) is 44.8 Å². The van der Waals surface area contributed by atoms with Crippen LogP contribution in [-0.4, -0.2) is 25.8 Å². The van der Waals surface area contributed by atoms with Gasteiger partial charge >= 0.3 is 5.97 Å². The highest BCUT2D eigenvalue weighted by molar-refractivity contribution is 5.86. The van der Waals surface area contributed by atoms with Crippen LogP contribution in [0, 0.1) is 0 Å². The molecule has 160 valence electrons. The fourth-order valence-electron chi connectivity index (χ4n) is 2.76. The SMILES string of the molecule is C=C(C)C(=O)OCCCCCCOc1ccc(-c2ccc(OC/C=C/C)cc2)cc1. The van der Waals surface area contributed by atoms with Crippen molar-refractivity contribution in [3.05, 3.63) is 72.8 Å². The van der Waals surface area contributed by atoms with Gasteiger partial charge < -0.3 is 14.2 Å². The van der Waals surface area contributed by atoms with E-state index in [0.717, 1.165) is 48.3 Å². The highest BCUT2D eigenvalue weighted by Crippen LogP contribution is 2.24. The van der Waals surface area contributed by atoms with E-state index in [1.54, 1.807) is 6.92 Å². The van der Waals surface area contributed by atoms with Crippen LogP contribution in [0.1, 0.15) is 39.5 Å². The van der Waals surface area contributed by atoms with Gasteiger partial charge in [-0.15, -0.1) is 0 Å². The summed E-state index contributed by atoms with van der Waals surface area (Å²) in [6, 6.07) is 16.3. The van der Waals surface area contributed by atoms with Crippen molar-refractivity contribution < 1.29 is 19.0 Å². The number of esters is 1. The van der Waals surface area contributed by atoms with Crippen molar-refractivity contribution in [3.8, 4) is 22.6 Å². The first-order valence-electron chi connectivity index (χ1n) is 10.5. The number of carbonyl (C=O) groups excluding carboxylic acids is 1. The summed E-state index contributed by atoms with van der Waals surface area (Å²) < 4.78 is 16.5. The normalized spacial score (nSPS) is 10.7. The molecule has 0 radical (unpaired) electrons. The monoisotopic (exact) mass is 408 g/mol. The number of rotatable bonds is 13. The van der Waals surface area contributed by atoms with Gasteiger partial charge in [-0.3, -0.25) is 0 Å². The van der Waals surface area contributed by atoms with Crippen molar-refractivity contribution in [2.45, 2.75) is 39.5 Å². The van der Waals surface area contributed by atoms with E-state index in [1.165, 1.54) is 0 Å². The van der Waals surface area contributed by atoms with E-state index >= 15 is 0 Å². The first-order valence-corrected chi connectivity index (χ1v) is 10.5. The lowest BCUT2D eigenvalue weighted by atomic mass is 10.1. The molecule has 2 rings (SSSR count). The van der Waals surface area contributed by atoms with E-state index < -0.39 is 0 Å². The quantitative estimate of drug-likeness (QED) is 0.167. The van der Waals surface area contributed by atoms with Gasteiger partial charge in [-0.25, -0.2) is 4.79 Å². The zero-order valence-electron chi connectivity index (χ0n) is 18.1. The van der Waals surface area contributed by atoms with Crippen LogP contribution in [0.4, 0.5) is 0 Å². The van der Waals surface area contributed by atoms with Crippen molar-refractivity contribution in [2.24, 2.45) is 0 Å². The minimum atomic E-state index is -0.310. The second-order valence-electron chi connectivity index (χ2n) is 7.11. The lowest BCUT2D eigenvalue weighted by molar-refractivity contribution is -0.139. The molecule has 0 saturated carbocycles. The zero-order chi connectivity index (χ0) is 21.6. The van der Waals surface area contributed by atoms with Gasteiger partial charge in [0.05, 0.1) is 13.2 Å². The Balaban J connectivity index is 1.65. The van der Waals surface area contributed by atoms with E-state index in [0.29, 0.717) is 25.4 Å². The Morgan fingerprint density at radius 2 is 1.37 bits per heavy atom. The summed E-state index contributed by atoms with van der Waals surface area (Å²) in [7, 11) is 0. The first kappa shape index (κ1) is 23.3. The smallest absolute Gasteiger partial charge is 0.333 e. The zero-order valence-corrected chi connectivity index (χ0v) is 18.1. The van der Waals surface area contributed by atoms with E-state index in [9.17, 15) is 4.79 Å². The maximum Gasteiger partial charge on any atom is 0.333 e. The molecular formula is C26H32O4. The Morgan fingerprint density at radius 1 is 0.833 bits per heavy atom. The molecule has 30 heavy (non-hydrogen) atoms. The van der Waals surface area contributed by atoms with Crippen molar-refractivity contribution in [1.82, 2.24) is 0 Å². The summed E-state index contributed by atoms with van der Waals surface area (Å²) in [5, 5.41) is 0. The molecule has 0 aromatic heterocycles. The first-order chi connectivity index (χ1) is 14.6. The number of hydrogen-bond donors (Lipinski definition) is 0. The lowest BCUT2D eigenvalue weighted by Gasteiger charge is -2.09. The highest BCUT2D eigenvalue weighted by atomic mass is 16.5. The molecule has 0 amide bonds. The number of hydrogen-bond acceptors (Lipinski definition) is 4. The molecule has 0 atom stereocenters. The van der Waals surface area contributed by atoms with Gasteiger partial charge in [-0.1, -0.05) is 43.0 Å². The third-order valence-corrected chi connectivity index (χ3v) is 4.51. The standard InChI is InChI=1S/C26H32O4/c1-4-5-18-28-24-14-10-22(11-15-24)23-12-16-25(17-13-23)29-19-8-6-7-9-20-30-26(27)21(2)3/h4-5,10-17H,2,6-9,18-20H2,1,3H3/b5-4+. The predicted molar refractivity (Wildman–Crippen MR) is 122 cm³/mol. The lowest BCUT2D eigenvalue weighted by Crippen LogP contribution is -2.06. The average Bonchev–Trinajstić information content (AvgIpc) is 2.76. The highest BCUT2D eigenvalue weighted by Gasteiger charge is 2.02. The van der Waals surface area contributed by atoms with E-state index in [1.807, 2.05) is 43.3 Å². The van der Waals surface area contributed by atoms with E-state index in [2.05, 4.69) is 30.8 Å². The van der Waals surface area contributed by atoms with Crippen LogP contribution in [0.5, 0.6) is 11.5 Å². The molecule has 0 aliphatic heterocycles. The number of unbranched alkanes of at least 4 members (excludes halogenated alkanes) is 3. The fourth-order valence-corrected chi connectivity index (χ4v) is 2.76. The van der Waals surface area contributed by atoms with Crippen molar-refractivity contribution in [3.63, 3.8) is 0 Å².